The molecule has 0 bridgehead atoms. The second-order valence-corrected chi connectivity index (χ2v) is 5.80. The first-order valence-corrected chi connectivity index (χ1v) is 7.43. The van der Waals surface area contributed by atoms with Crippen LogP contribution in [0.15, 0.2) is 29.7 Å². The maximum Gasteiger partial charge on any atom is 0.242 e. The van der Waals surface area contributed by atoms with Crippen LogP contribution in [0.25, 0.3) is 0 Å². The maximum absolute atomic E-state index is 12.3. The van der Waals surface area contributed by atoms with E-state index in [-0.39, 0.29) is 11.5 Å². The molecule has 0 radical (unpaired) electrons. The first-order valence-electron chi connectivity index (χ1n) is 5.95. The Labute approximate surface area is 121 Å². The van der Waals surface area contributed by atoms with E-state index in [1.165, 1.54) is 24.8 Å². The molecule has 110 valence electrons. The number of hydrogen-bond acceptors (Lipinski definition) is 6. The van der Waals surface area contributed by atoms with Crippen LogP contribution < -0.4 is 4.72 Å². The SMILES string of the molecule is CC(NS(=O)(=O)c1cncc(C#CCO)c1)c1ncn[nH]1. The molecule has 8 nitrogen and oxygen atoms in total. The van der Waals surface area contributed by atoms with Gasteiger partial charge in [-0.05, 0) is 13.0 Å². The second-order valence-electron chi connectivity index (χ2n) is 4.08. The Morgan fingerprint density at radius 1 is 1.48 bits per heavy atom. The summed E-state index contributed by atoms with van der Waals surface area (Å²) < 4.78 is 27.0. The quantitative estimate of drug-likeness (QED) is 0.660. The predicted molar refractivity (Wildman–Crippen MR) is 73.3 cm³/mol. The van der Waals surface area contributed by atoms with Crippen molar-refractivity contribution < 1.29 is 13.5 Å². The molecule has 0 saturated carbocycles. The topological polar surface area (TPSA) is 121 Å². The van der Waals surface area contributed by atoms with Gasteiger partial charge < -0.3 is 5.11 Å². The number of H-pyrrole nitrogens is 1. The van der Waals surface area contributed by atoms with Crippen molar-refractivity contribution in [1.82, 2.24) is 24.9 Å². The van der Waals surface area contributed by atoms with E-state index in [4.69, 9.17) is 5.11 Å². The Bertz CT molecular complexity index is 762. The maximum atomic E-state index is 12.3. The van der Waals surface area contributed by atoms with E-state index in [9.17, 15) is 8.42 Å². The summed E-state index contributed by atoms with van der Waals surface area (Å²) in [5, 5.41) is 14.9. The fourth-order valence-electron chi connectivity index (χ4n) is 1.56. The van der Waals surface area contributed by atoms with Crippen molar-refractivity contribution >= 4 is 10.0 Å². The van der Waals surface area contributed by atoms with Crippen LogP contribution in [0.3, 0.4) is 0 Å². The van der Waals surface area contributed by atoms with Crippen LogP contribution in [0, 0.1) is 11.8 Å². The van der Waals surface area contributed by atoms with Crippen molar-refractivity contribution in [3.8, 4) is 11.8 Å². The summed E-state index contributed by atoms with van der Waals surface area (Å²) in [6, 6.07) is 0.815. The molecule has 9 heteroatoms. The summed E-state index contributed by atoms with van der Waals surface area (Å²) in [5.74, 6) is 5.44. The molecule has 1 unspecified atom stereocenters. The number of aromatic nitrogens is 4. The van der Waals surface area contributed by atoms with Crippen LogP contribution >= 0.6 is 0 Å². The van der Waals surface area contributed by atoms with Crippen LogP contribution in [-0.2, 0) is 10.0 Å². The lowest BCUT2D eigenvalue weighted by Gasteiger charge is -2.11. The second kappa shape index (κ2) is 6.45. The standard InChI is InChI=1S/C12H13N5O3S/c1-9(12-14-8-15-16-12)17-21(19,20)11-5-10(3-2-4-18)6-13-7-11/h5-9,17-18H,4H2,1H3,(H,14,15,16). The molecule has 0 aliphatic heterocycles. The molecule has 2 aromatic rings. The highest BCUT2D eigenvalue weighted by molar-refractivity contribution is 7.89. The van der Waals surface area contributed by atoms with Crippen LogP contribution in [0.5, 0.6) is 0 Å². The Hall–Kier alpha value is -2.28. The van der Waals surface area contributed by atoms with Gasteiger partial charge in [0.15, 0.2) is 0 Å². The van der Waals surface area contributed by atoms with Crippen molar-refractivity contribution in [2.45, 2.75) is 17.9 Å². The van der Waals surface area contributed by atoms with E-state index in [0.29, 0.717) is 11.4 Å². The summed E-state index contributed by atoms with van der Waals surface area (Å²) in [5.41, 5.74) is 0.402. The summed E-state index contributed by atoms with van der Waals surface area (Å²) in [4.78, 5) is 7.71. The fraction of sp³-hybridized carbons (Fsp3) is 0.250. The Morgan fingerprint density at radius 2 is 2.29 bits per heavy atom. The molecule has 2 rings (SSSR count). The van der Waals surface area contributed by atoms with Crippen molar-refractivity contribution in [2.75, 3.05) is 6.61 Å². The zero-order chi connectivity index (χ0) is 15.3. The van der Waals surface area contributed by atoms with Crippen LogP contribution in [0.4, 0.5) is 0 Å². The van der Waals surface area contributed by atoms with Gasteiger partial charge in [0.2, 0.25) is 10.0 Å². The highest BCUT2D eigenvalue weighted by Gasteiger charge is 2.20. The average Bonchev–Trinajstić information content (AvgIpc) is 2.99. The van der Waals surface area contributed by atoms with E-state index >= 15 is 0 Å². The largest absolute Gasteiger partial charge is 0.384 e. The number of nitrogens with one attached hydrogen (secondary N) is 2. The van der Waals surface area contributed by atoms with Crippen LogP contribution in [0.2, 0.25) is 0 Å². The molecule has 0 aliphatic carbocycles. The third-order valence-electron chi connectivity index (χ3n) is 2.51. The fourth-order valence-corrected chi connectivity index (χ4v) is 2.75. The molecule has 3 N–H and O–H groups in total. The van der Waals surface area contributed by atoms with Gasteiger partial charge in [-0.2, -0.15) is 5.10 Å². The van der Waals surface area contributed by atoms with Crippen LogP contribution in [0.1, 0.15) is 24.4 Å². The molecule has 0 spiro atoms. The molecule has 0 aliphatic rings. The number of nitrogens with zero attached hydrogens (tertiary/aromatic N) is 3. The Morgan fingerprint density at radius 3 is 2.95 bits per heavy atom. The number of aliphatic hydroxyl groups is 1. The Kier molecular flexibility index (Phi) is 4.64. The predicted octanol–water partition coefficient (Wildman–Crippen LogP) is -0.417. The molecule has 21 heavy (non-hydrogen) atoms. The molecular weight excluding hydrogens is 294 g/mol. The summed E-state index contributed by atoms with van der Waals surface area (Å²) in [7, 11) is -3.76. The van der Waals surface area contributed by atoms with E-state index in [2.05, 4.69) is 36.7 Å². The normalized spacial score (nSPS) is 12.5. The number of rotatable bonds is 4. The average molecular weight is 307 g/mol. The third-order valence-corrected chi connectivity index (χ3v) is 4.02. The number of sulfonamides is 1. The monoisotopic (exact) mass is 307 g/mol. The van der Waals surface area contributed by atoms with E-state index in [0.717, 1.165) is 0 Å². The molecule has 2 heterocycles. The van der Waals surface area contributed by atoms with Crippen molar-refractivity contribution in [1.29, 1.82) is 0 Å². The van der Waals surface area contributed by atoms with Gasteiger partial charge in [-0.3, -0.25) is 10.1 Å². The van der Waals surface area contributed by atoms with Gasteiger partial charge >= 0.3 is 0 Å². The van der Waals surface area contributed by atoms with Gasteiger partial charge in [0.05, 0.1) is 6.04 Å². The summed E-state index contributed by atoms with van der Waals surface area (Å²) in [6.07, 6.45) is 3.94. The van der Waals surface area contributed by atoms with Gasteiger partial charge in [-0.15, -0.1) is 0 Å². The lowest BCUT2D eigenvalue weighted by Crippen LogP contribution is -2.27. The van der Waals surface area contributed by atoms with Gasteiger partial charge in [-0.25, -0.2) is 18.1 Å². The minimum Gasteiger partial charge on any atom is -0.384 e. The number of aliphatic hydroxyl groups excluding tert-OH is 1. The zero-order valence-electron chi connectivity index (χ0n) is 11.1. The molecular formula is C12H13N5O3S. The summed E-state index contributed by atoms with van der Waals surface area (Å²) in [6.45, 7) is 1.33. The number of pyridine rings is 1. The molecule has 0 amide bonds. The number of hydrogen-bond donors (Lipinski definition) is 3. The smallest absolute Gasteiger partial charge is 0.242 e. The van der Waals surface area contributed by atoms with Gasteiger partial charge in [0.25, 0.3) is 0 Å². The van der Waals surface area contributed by atoms with E-state index in [1.54, 1.807) is 6.92 Å². The molecule has 0 fully saturated rings. The minimum atomic E-state index is -3.76. The zero-order valence-corrected chi connectivity index (χ0v) is 11.9. The molecule has 0 aromatic carbocycles. The van der Waals surface area contributed by atoms with Crippen molar-refractivity contribution in [3.05, 3.63) is 36.2 Å². The van der Waals surface area contributed by atoms with Gasteiger partial charge in [0.1, 0.15) is 23.7 Å². The Balaban J connectivity index is 2.23. The molecule has 1 atom stereocenters. The van der Waals surface area contributed by atoms with Crippen molar-refractivity contribution in [3.63, 3.8) is 0 Å². The van der Waals surface area contributed by atoms with E-state index < -0.39 is 16.1 Å². The highest BCUT2D eigenvalue weighted by atomic mass is 32.2. The van der Waals surface area contributed by atoms with Crippen molar-refractivity contribution in [2.24, 2.45) is 0 Å². The van der Waals surface area contributed by atoms with Gasteiger partial charge in [-0.1, -0.05) is 11.8 Å². The third kappa shape index (κ3) is 3.85. The van der Waals surface area contributed by atoms with Gasteiger partial charge in [0, 0.05) is 18.0 Å². The molecule has 2 aromatic heterocycles. The lowest BCUT2D eigenvalue weighted by molar-refractivity contribution is 0.350. The summed E-state index contributed by atoms with van der Waals surface area (Å²) >= 11 is 0. The molecule has 0 saturated heterocycles. The first kappa shape index (κ1) is 15.1. The highest BCUT2D eigenvalue weighted by Crippen LogP contribution is 2.13. The van der Waals surface area contributed by atoms with Crippen LogP contribution in [-0.4, -0.2) is 40.3 Å². The van der Waals surface area contributed by atoms with E-state index in [1.807, 2.05) is 0 Å². The lowest BCUT2D eigenvalue weighted by atomic mass is 10.3. The first-order chi connectivity index (χ1) is 10.0. The number of aromatic amines is 1. The minimum absolute atomic E-state index is 0.0152.